The fourth-order valence-corrected chi connectivity index (χ4v) is 5.77. The Bertz CT molecular complexity index is 1370. The van der Waals surface area contributed by atoms with Gasteiger partial charge in [-0.1, -0.05) is 77.1 Å². The number of nitrogens with zero attached hydrogens (tertiary/aromatic N) is 1. The average molecular weight is 629 g/mol. The molecule has 1 aliphatic heterocycles. The van der Waals surface area contributed by atoms with Gasteiger partial charge in [0.2, 0.25) is 12.2 Å². The van der Waals surface area contributed by atoms with Crippen molar-refractivity contribution >= 4 is 8.32 Å². The number of para-hydroxylation sites is 1. The lowest BCUT2D eigenvalue weighted by atomic mass is 9.98. The minimum atomic E-state index is -1.87. The zero-order valence-electron chi connectivity index (χ0n) is 26.8. The molecule has 0 amide bonds. The van der Waals surface area contributed by atoms with Gasteiger partial charge in [-0.25, -0.2) is 0 Å². The molecule has 1 fully saturated rings. The number of hydrogen-bond donors (Lipinski definition) is 5. The van der Waals surface area contributed by atoms with Crippen molar-refractivity contribution in [1.82, 2.24) is 10.2 Å². The minimum absolute atomic E-state index is 0.0778. The Kier molecular flexibility index (Phi) is 10.9. The summed E-state index contributed by atoms with van der Waals surface area (Å²) in [5.74, 6) is 0.987. The lowest BCUT2D eigenvalue weighted by molar-refractivity contribution is -0.278. The number of H-pyrrole nitrogens is 1. The first-order valence-electron chi connectivity index (χ1n) is 15.2. The Morgan fingerprint density at radius 2 is 1.64 bits per heavy atom. The Balaban J connectivity index is 1.50. The maximum Gasteiger partial charge on any atom is 0.238 e. The molecule has 0 saturated carbocycles. The summed E-state index contributed by atoms with van der Waals surface area (Å²) < 4.78 is 24.3. The van der Waals surface area contributed by atoms with Crippen LogP contribution in [0.4, 0.5) is 0 Å². The van der Waals surface area contributed by atoms with Crippen LogP contribution in [0.2, 0.25) is 18.1 Å². The number of aliphatic hydroxyl groups excluding tert-OH is 4. The van der Waals surface area contributed by atoms with Crippen molar-refractivity contribution in [2.45, 2.75) is 109 Å². The summed E-state index contributed by atoms with van der Waals surface area (Å²) >= 11 is 0. The Labute approximate surface area is 261 Å². The SMILES string of the molecule is CC(C)c1[nH]nc(OC2O[C@H](CO)[C@@H](O)[C@H](O)[C@H]2O)c1Cc1ccccc1OCc1cccc(CO[Si](C)(C)C(C)(C)C)c1. The number of hydrogen-bond acceptors (Lipinski definition) is 9. The molecule has 5 atom stereocenters. The third-order valence-electron chi connectivity index (χ3n) is 8.65. The highest BCUT2D eigenvalue weighted by molar-refractivity contribution is 6.74. The zero-order valence-corrected chi connectivity index (χ0v) is 27.8. The van der Waals surface area contributed by atoms with Gasteiger partial charge in [-0.3, -0.25) is 5.10 Å². The fourth-order valence-electron chi connectivity index (χ4n) is 4.81. The van der Waals surface area contributed by atoms with Crippen LogP contribution in [0.3, 0.4) is 0 Å². The Morgan fingerprint density at radius 3 is 2.30 bits per heavy atom. The third-order valence-corrected chi connectivity index (χ3v) is 13.1. The molecule has 2 aromatic carbocycles. The molecule has 5 N–H and O–H groups in total. The molecule has 0 radical (unpaired) electrons. The predicted octanol–water partition coefficient (Wildman–Crippen LogP) is 4.40. The van der Waals surface area contributed by atoms with Gasteiger partial charge in [0.15, 0.2) is 8.32 Å². The molecule has 11 heteroatoms. The van der Waals surface area contributed by atoms with Crippen molar-refractivity contribution in [1.29, 1.82) is 0 Å². The van der Waals surface area contributed by atoms with Crippen LogP contribution >= 0.6 is 0 Å². The Hall–Kier alpha value is -2.77. The second-order valence-corrected chi connectivity index (χ2v) is 18.1. The number of nitrogens with one attached hydrogen (secondary N) is 1. The first kappa shape index (κ1) is 34.1. The molecule has 242 valence electrons. The van der Waals surface area contributed by atoms with Gasteiger partial charge in [0, 0.05) is 17.7 Å². The van der Waals surface area contributed by atoms with Crippen molar-refractivity contribution in [2.24, 2.45) is 0 Å². The first-order valence-corrected chi connectivity index (χ1v) is 18.1. The summed E-state index contributed by atoms with van der Waals surface area (Å²) in [6.45, 7) is 15.7. The van der Waals surface area contributed by atoms with Crippen molar-refractivity contribution in [2.75, 3.05) is 6.61 Å². The van der Waals surface area contributed by atoms with E-state index in [9.17, 15) is 20.4 Å². The number of benzene rings is 2. The molecular formula is C33H48N2O8Si. The quantitative estimate of drug-likeness (QED) is 0.184. The van der Waals surface area contributed by atoms with E-state index in [4.69, 9.17) is 18.6 Å². The fraction of sp³-hybridized carbons (Fsp3) is 0.545. The van der Waals surface area contributed by atoms with E-state index < -0.39 is 45.6 Å². The number of rotatable bonds is 12. The highest BCUT2D eigenvalue weighted by Gasteiger charge is 2.45. The van der Waals surface area contributed by atoms with Crippen molar-refractivity contribution < 1.29 is 39.1 Å². The zero-order chi connectivity index (χ0) is 32.2. The molecular weight excluding hydrogens is 580 g/mol. The highest BCUT2D eigenvalue weighted by Crippen LogP contribution is 2.37. The summed E-state index contributed by atoms with van der Waals surface area (Å²) in [6.07, 6.45) is -6.59. The van der Waals surface area contributed by atoms with Crippen molar-refractivity contribution in [3.05, 3.63) is 76.5 Å². The van der Waals surface area contributed by atoms with Gasteiger partial charge in [-0.2, -0.15) is 0 Å². The van der Waals surface area contributed by atoms with E-state index in [2.05, 4.69) is 56.2 Å². The summed E-state index contributed by atoms with van der Waals surface area (Å²) in [6, 6.07) is 16.0. The first-order chi connectivity index (χ1) is 20.7. The molecule has 44 heavy (non-hydrogen) atoms. The van der Waals surface area contributed by atoms with E-state index in [1.165, 1.54) is 0 Å². The topological polar surface area (TPSA) is 147 Å². The lowest BCUT2D eigenvalue weighted by Crippen LogP contribution is -2.60. The molecule has 1 unspecified atom stereocenters. The molecule has 4 rings (SSSR count). The highest BCUT2D eigenvalue weighted by atomic mass is 28.4. The van der Waals surface area contributed by atoms with Crippen LogP contribution in [0.25, 0.3) is 0 Å². The van der Waals surface area contributed by atoms with E-state index in [0.717, 1.165) is 27.9 Å². The lowest BCUT2D eigenvalue weighted by Gasteiger charge is -2.39. The van der Waals surface area contributed by atoms with Crippen LogP contribution in [0, 0.1) is 0 Å². The van der Waals surface area contributed by atoms with Crippen LogP contribution in [0.15, 0.2) is 48.5 Å². The number of aromatic nitrogens is 2. The normalized spacial score (nSPS) is 22.8. The van der Waals surface area contributed by atoms with Gasteiger partial charge in [0.05, 0.1) is 13.2 Å². The summed E-state index contributed by atoms with van der Waals surface area (Å²) in [5.41, 5.74) is 4.65. The maximum atomic E-state index is 10.5. The number of aromatic amines is 1. The maximum absolute atomic E-state index is 10.5. The van der Waals surface area contributed by atoms with Gasteiger partial charge in [0.1, 0.15) is 36.8 Å². The molecule has 0 spiro atoms. The van der Waals surface area contributed by atoms with Crippen LogP contribution in [0.5, 0.6) is 11.6 Å². The van der Waals surface area contributed by atoms with Gasteiger partial charge in [0.25, 0.3) is 0 Å². The third kappa shape index (κ3) is 7.89. The van der Waals surface area contributed by atoms with Crippen LogP contribution in [0.1, 0.15) is 68.5 Å². The molecule has 0 bridgehead atoms. The molecule has 1 aromatic heterocycles. The monoisotopic (exact) mass is 628 g/mol. The van der Waals surface area contributed by atoms with Crippen LogP contribution < -0.4 is 9.47 Å². The minimum Gasteiger partial charge on any atom is -0.489 e. The second kappa shape index (κ2) is 14.1. The summed E-state index contributed by atoms with van der Waals surface area (Å²) in [5, 5.41) is 48.0. The van der Waals surface area contributed by atoms with E-state index in [1.54, 1.807) is 0 Å². The van der Waals surface area contributed by atoms with Gasteiger partial charge in [-0.15, -0.1) is 5.10 Å². The summed E-state index contributed by atoms with van der Waals surface area (Å²) in [7, 11) is -1.87. The van der Waals surface area contributed by atoms with E-state index in [-0.39, 0.29) is 16.8 Å². The van der Waals surface area contributed by atoms with Gasteiger partial charge in [-0.05, 0) is 46.8 Å². The smallest absolute Gasteiger partial charge is 0.238 e. The summed E-state index contributed by atoms with van der Waals surface area (Å²) in [4.78, 5) is 0. The Morgan fingerprint density at radius 1 is 0.955 bits per heavy atom. The second-order valence-electron chi connectivity index (χ2n) is 13.3. The van der Waals surface area contributed by atoms with Crippen molar-refractivity contribution in [3.63, 3.8) is 0 Å². The van der Waals surface area contributed by atoms with E-state index in [0.29, 0.717) is 25.4 Å². The largest absolute Gasteiger partial charge is 0.489 e. The van der Waals surface area contributed by atoms with Crippen molar-refractivity contribution in [3.8, 4) is 11.6 Å². The molecule has 3 aromatic rings. The van der Waals surface area contributed by atoms with Gasteiger partial charge < -0.3 is 39.1 Å². The standard InChI is InChI=1S/C33H48N2O8Si/c1-20(2)27-24(31(35-34-27)43-32-30(39)29(38)28(37)26(17-36)42-32)16-23-13-8-9-14-25(23)40-18-21-11-10-12-22(15-21)19-41-44(6,7)33(3,4)5/h8-15,20,26,28-30,32,36-39H,16-19H2,1-7H3,(H,34,35)/t26-,28-,29+,30-,32?/m1/s1. The van der Waals surface area contributed by atoms with Crippen LogP contribution in [-0.2, 0) is 28.8 Å². The molecule has 10 nitrogen and oxygen atoms in total. The van der Waals surface area contributed by atoms with Crippen LogP contribution in [-0.4, -0.2) is 76.3 Å². The number of ether oxygens (including phenoxy) is 3. The molecule has 1 aliphatic rings. The molecule has 2 heterocycles. The van der Waals surface area contributed by atoms with Gasteiger partial charge >= 0.3 is 0 Å². The predicted molar refractivity (Wildman–Crippen MR) is 169 cm³/mol. The number of aliphatic hydroxyl groups is 4. The molecule has 1 saturated heterocycles. The van der Waals surface area contributed by atoms with E-state index in [1.807, 2.05) is 50.2 Å². The molecule has 0 aliphatic carbocycles. The van der Waals surface area contributed by atoms with E-state index >= 15 is 0 Å². The average Bonchev–Trinajstić information content (AvgIpc) is 3.37.